The van der Waals surface area contributed by atoms with Crippen molar-refractivity contribution in [1.29, 1.82) is 0 Å². The molecule has 9 heteroatoms. The van der Waals surface area contributed by atoms with E-state index in [1.54, 1.807) is 0 Å². The predicted octanol–water partition coefficient (Wildman–Crippen LogP) is -0.729. The molecule has 0 aromatic carbocycles. The summed E-state index contributed by atoms with van der Waals surface area (Å²) in [6, 6.07) is -2.79. The van der Waals surface area contributed by atoms with Crippen LogP contribution in [0.4, 0.5) is 4.79 Å². The Morgan fingerprint density at radius 3 is 2.24 bits per heavy atom. The standard InChI is InChI=1S/C12H19N3O6/c1-6(10(18)14-7-2-3-7)13-12(21)15-8(11(19)20)4-5-9(16)17/h6-8H,2-5H2,1H3,(H,14,18)(H,16,17)(H,19,20)(H2,13,15,21)/t6?,8-/m0/s1. The first-order valence-corrected chi connectivity index (χ1v) is 6.61. The molecule has 1 aliphatic carbocycles. The van der Waals surface area contributed by atoms with Gasteiger partial charge in [0.25, 0.3) is 0 Å². The number of urea groups is 1. The molecule has 0 aliphatic heterocycles. The Morgan fingerprint density at radius 2 is 1.76 bits per heavy atom. The molecule has 2 atom stereocenters. The highest BCUT2D eigenvalue weighted by atomic mass is 16.4. The lowest BCUT2D eigenvalue weighted by Gasteiger charge is -2.17. The zero-order chi connectivity index (χ0) is 16.0. The van der Waals surface area contributed by atoms with Crippen molar-refractivity contribution in [2.24, 2.45) is 0 Å². The van der Waals surface area contributed by atoms with Crippen LogP contribution in [-0.4, -0.2) is 52.2 Å². The van der Waals surface area contributed by atoms with Crippen LogP contribution in [-0.2, 0) is 14.4 Å². The second kappa shape index (κ2) is 7.46. The minimum Gasteiger partial charge on any atom is -0.481 e. The molecule has 0 bridgehead atoms. The number of carboxylic acid groups (broad SMARTS) is 2. The summed E-state index contributed by atoms with van der Waals surface area (Å²) in [5.41, 5.74) is 0. The van der Waals surface area contributed by atoms with Crippen molar-refractivity contribution in [3.8, 4) is 0 Å². The molecule has 1 fully saturated rings. The van der Waals surface area contributed by atoms with Gasteiger partial charge in [0, 0.05) is 12.5 Å². The van der Waals surface area contributed by atoms with Crippen LogP contribution in [0.1, 0.15) is 32.6 Å². The van der Waals surface area contributed by atoms with Crippen LogP contribution >= 0.6 is 0 Å². The molecule has 5 N–H and O–H groups in total. The lowest BCUT2D eigenvalue weighted by Crippen LogP contribution is -2.52. The molecule has 0 saturated heterocycles. The molecule has 118 valence electrons. The number of carbonyl (C=O) groups excluding carboxylic acids is 2. The number of aliphatic carboxylic acids is 2. The molecule has 0 radical (unpaired) electrons. The smallest absolute Gasteiger partial charge is 0.326 e. The van der Waals surface area contributed by atoms with E-state index >= 15 is 0 Å². The summed E-state index contributed by atoms with van der Waals surface area (Å²) in [7, 11) is 0. The Balaban J connectivity index is 2.39. The zero-order valence-electron chi connectivity index (χ0n) is 11.6. The van der Waals surface area contributed by atoms with Gasteiger partial charge in [-0.1, -0.05) is 0 Å². The van der Waals surface area contributed by atoms with Crippen LogP contribution in [0.25, 0.3) is 0 Å². The van der Waals surface area contributed by atoms with Crippen molar-refractivity contribution in [3.05, 3.63) is 0 Å². The molecular formula is C12H19N3O6. The van der Waals surface area contributed by atoms with Crippen molar-refractivity contribution in [1.82, 2.24) is 16.0 Å². The number of nitrogens with one attached hydrogen (secondary N) is 3. The van der Waals surface area contributed by atoms with Gasteiger partial charge in [-0.15, -0.1) is 0 Å². The maximum Gasteiger partial charge on any atom is 0.326 e. The van der Waals surface area contributed by atoms with E-state index in [1.807, 2.05) is 0 Å². The minimum atomic E-state index is -1.33. The summed E-state index contributed by atoms with van der Waals surface area (Å²) >= 11 is 0. The molecule has 0 aromatic heterocycles. The molecular weight excluding hydrogens is 282 g/mol. The molecule has 1 saturated carbocycles. The predicted molar refractivity (Wildman–Crippen MR) is 70.6 cm³/mol. The molecule has 1 unspecified atom stereocenters. The number of carbonyl (C=O) groups is 4. The molecule has 9 nitrogen and oxygen atoms in total. The van der Waals surface area contributed by atoms with E-state index in [4.69, 9.17) is 10.2 Å². The van der Waals surface area contributed by atoms with Crippen LogP contribution in [0.15, 0.2) is 0 Å². The van der Waals surface area contributed by atoms with Crippen LogP contribution in [0.2, 0.25) is 0 Å². The van der Waals surface area contributed by atoms with Gasteiger partial charge < -0.3 is 26.2 Å². The fourth-order valence-electron chi connectivity index (χ4n) is 1.54. The molecule has 1 rings (SSSR count). The van der Waals surface area contributed by atoms with Crippen LogP contribution < -0.4 is 16.0 Å². The maximum atomic E-state index is 11.6. The highest BCUT2D eigenvalue weighted by Crippen LogP contribution is 2.18. The Labute approximate surface area is 121 Å². The first-order valence-electron chi connectivity index (χ1n) is 6.61. The number of hydrogen-bond acceptors (Lipinski definition) is 4. The number of rotatable bonds is 8. The topological polar surface area (TPSA) is 145 Å². The summed E-state index contributed by atoms with van der Waals surface area (Å²) in [5.74, 6) is -2.83. The molecule has 21 heavy (non-hydrogen) atoms. The summed E-state index contributed by atoms with van der Waals surface area (Å²) in [5, 5.41) is 24.5. The largest absolute Gasteiger partial charge is 0.481 e. The number of amides is 3. The van der Waals surface area contributed by atoms with Crippen molar-refractivity contribution in [2.75, 3.05) is 0 Å². The quantitative estimate of drug-likeness (QED) is 0.399. The lowest BCUT2D eigenvalue weighted by molar-refractivity contribution is -0.140. The van der Waals surface area contributed by atoms with Crippen molar-refractivity contribution in [3.63, 3.8) is 0 Å². The van der Waals surface area contributed by atoms with Gasteiger partial charge in [-0.3, -0.25) is 9.59 Å². The molecule has 0 spiro atoms. The van der Waals surface area contributed by atoms with Crippen LogP contribution in [0, 0.1) is 0 Å². The summed E-state index contributed by atoms with van der Waals surface area (Å²) < 4.78 is 0. The fraction of sp³-hybridized carbons (Fsp3) is 0.667. The van der Waals surface area contributed by atoms with E-state index in [-0.39, 0.29) is 24.8 Å². The second-order valence-corrected chi connectivity index (χ2v) is 4.95. The second-order valence-electron chi connectivity index (χ2n) is 4.95. The average Bonchev–Trinajstić information content (AvgIpc) is 3.17. The first-order chi connectivity index (χ1) is 9.79. The van der Waals surface area contributed by atoms with Crippen molar-refractivity contribution in [2.45, 2.75) is 50.7 Å². The maximum absolute atomic E-state index is 11.6. The highest BCUT2D eigenvalue weighted by Gasteiger charge is 2.27. The van der Waals surface area contributed by atoms with Gasteiger partial charge in [-0.05, 0) is 26.2 Å². The molecule has 0 aromatic rings. The van der Waals surface area contributed by atoms with Gasteiger partial charge in [0.15, 0.2) is 0 Å². The van der Waals surface area contributed by atoms with Crippen LogP contribution in [0.3, 0.4) is 0 Å². The third-order valence-electron chi connectivity index (χ3n) is 2.91. The van der Waals surface area contributed by atoms with Gasteiger partial charge in [0.1, 0.15) is 12.1 Å². The Morgan fingerprint density at radius 1 is 1.14 bits per heavy atom. The van der Waals surface area contributed by atoms with E-state index < -0.39 is 30.1 Å². The minimum absolute atomic E-state index is 0.159. The summed E-state index contributed by atoms with van der Waals surface area (Å²) in [6.07, 6.45) is 1.22. The first kappa shape index (κ1) is 16.7. The number of hydrogen-bond donors (Lipinski definition) is 5. The highest BCUT2D eigenvalue weighted by molar-refractivity contribution is 5.88. The van der Waals surface area contributed by atoms with Gasteiger partial charge >= 0.3 is 18.0 Å². The molecule has 0 heterocycles. The third kappa shape index (κ3) is 6.59. The third-order valence-corrected chi connectivity index (χ3v) is 2.91. The fourth-order valence-corrected chi connectivity index (χ4v) is 1.54. The Hall–Kier alpha value is -2.32. The van der Waals surface area contributed by atoms with Crippen LogP contribution in [0.5, 0.6) is 0 Å². The Bertz CT molecular complexity index is 435. The van der Waals surface area contributed by atoms with E-state index in [0.717, 1.165) is 12.8 Å². The SMILES string of the molecule is CC(NC(=O)N[C@@H](CCC(=O)O)C(=O)O)C(=O)NC1CC1. The van der Waals surface area contributed by atoms with E-state index in [2.05, 4.69) is 16.0 Å². The lowest BCUT2D eigenvalue weighted by atomic mass is 10.1. The average molecular weight is 301 g/mol. The monoisotopic (exact) mass is 301 g/mol. The summed E-state index contributed by atoms with van der Waals surface area (Å²) in [4.78, 5) is 44.5. The Kier molecular flexibility index (Phi) is 5.94. The normalized spacial score (nSPS) is 16.4. The molecule has 3 amide bonds. The van der Waals surface area contributed by atoms with Crippen molar-refractivity contribution >= 4 is 23.9 Å². The van der Waals surface area contributed by atoms with E-state index in [0.29, 0.717) is 0 Å². The van der Waals surface area contributed by atoms with Gasteiger partial charge in [0.05, 0.1) is 0 Å². The van der Waals surface area contributed by atoms with Gasteiger partial charge in [-0.25, -0.2) is 9.59 Å². The van der Waals surface area contributed by atoms with Gasteiger partial charge in [-0.2, -0.15) is 0 Å². The summed E-state index contributed by atoms with van der Waals surface area (Å²) in [6.45, 7) is 1.48. The van der Waals surface area contributed by atoms with Crippen molar-refractivity contribution < 1.29 is 29.4 Å². The molecule has 1 aliphatic rings. The number of carboxylic acids is 2. The van der Waals surface area contributed by atoms with E-state index in [9.17, 15) is 19.2 Å². The zero-order valence-corrected chi connectivity index (χ0v) is 11.6. The van der Waals surface area contributed by atoms with Gasteiger partial charge in [0.2, 0.25) is 5.91 Å². The van der Waals surface area contributed by atoms with E-state index in [1.165, 1.54) is 6.92 Å².